The Morgan fingerprint density at radius 3 is 2.70 bits per heavy atom. The van der Waals surface area contributed by atoms with Crippen molar-refractivity contribution in [3.05, 3.63) is 52.0 Å². The molecule has 0 amide bonds. The lowest BCUT2D eigenvalue weighted by Gasteiger charge is -2.15. The number of nitrogens with zero attached hydrogens (tertiary/aromatic N) is 1. The van der Waals surface area contributed by atoms with Crippen molar-refractivity contribution in [1.82, 2.24) is 10.3 Å². The summed E-state index contributed by atoms with van der Waals surface area (Å²) in [4.78, 5) is 4.74. The van der Waals surface area contributed by atoms with Crippen molar-refractivity contribution < 1.29 is 4.74 Å². The molecule has 1 N–H and O–H groups in total. The maximum Gasteiger partial charge on any atom is 0.0979 e. The van der Waals surface area contributed by atoms with Crippen molar-refractivity contribution in [3.8, 4) is 0 Å². The van der Waals surface area contributed by atoms with Gasteiger partial charge >= 0.3 is 0 Å². The Morgan fingerprint density at radius 1 is 1.30 bits per heavy atom. The van der Waals surface area contributed by atoms with Gasteiger partial charge in [-0.25, -0.2) is 4.98 Å². The number of ether oxygens (including phenoxy) is 1. The molecule has 1 aromatic heterocycles. The standard InChI is InChI=1S/C16H22N2OS/c1-12(10-19-3)16-18-14(11-20-16)9-15(17-2)13-7-5-4-6-8-13/h4-8,11-12,15,17H,9-10H2,1-3H3. The van der Waals surface area contributed by atoms with E-state index in [-0.39, 0.29) is 0 Å². The minimum atomic E-state index is 0.309. The summed E-state index contributed by atoms with van der Waals surface area (Å²) in [5.74, 6) is 0.364. The van der Waals surface area contributed by atoms with Gasteiger partial charge in [0.2, 0.25) is 0 Å². The molecule has 0 aliphatic rings. The number of rotatable bonds is 7. The van der Waals surface area contributed by atoms with Crippen LogP contribution < -0.4 is 5.32 Å². The Labute approximate surface area is 125 Å². The minimum Gasteiger partial charge on any atom is -0.384 e. The average Bonchev–Trinajstić information content (AvgIpc) is 2.94. The van der Waals surface area contributed by atoms with E-state index >= 15 is 0 Å². The molecular weight excluding hydrogens is 268 g/mol. The fourth-order valence-electron chi connectivity index (χ4n) is 2.25. The molecule has 2 rings (SSSR count). The maximum atomic E-state index is 5.19. The number of nitrogens with one attached hydrogen (secondary N) is 1. The van der Waals surface area contributed by atoms with Gasteiger partial charge in [-0.3, -0.25) is 0 Å². The molecule has 2 atom stereocenters. The summed E-state index contributed by atoms with van der Waals surface area (Å²) < 4.78 is 5.19. The summed E-state index contributed by atoms with van der Waals surface area (Å²) in [5, 5.41) is 6.69. The third-order valence-electron chi connectivity index (χ3n) is 3.37. The summed E-state index contributed by atoms with van der Waals surface area (Å²) in [5.41, 5.74) is 2.45. The SMILES string of the molecule is CNC(Cc1csc(C(C)COC)n1)c1ccccc1. The number of likely N-dealkylation sites (N-methyl/N-ethyl adjacent to an activating group) is 1. The second-order valence-electron chi connectivity index (χ2n) is 4.99. The predicted octanol–water partition coefficient (Wildman–Crippen LogP) is 3.40. The molecule has 1 heterocycles. The normalized spacial score (nSPS) is 14.2. The third kappa shape index (κ3) is 3.88. The smallest absolute Gasteiger partial charge is 0.0979 e. The Balaban J connectivity index is 2.05. The summed E-state index contributed by atoms with van der Waals surface area (Å²) in [6.45, 7) is 2.87. The zero-order chi connectivity index (χ0) is 14.4. The maximum absolute atomic E-state index is 5.19. The van der Waals surface area contributed by atoms with Crippen LogP contribution in [0.2, 0.25) is 0 Å². The van der Waals surface area contributed by atoms with Crippen LogP contribution in [0.3, 0.4) is 0 Å². The molecule has 2 aromatic rings. The number of benzene rings is 1. The van der Waals surface area contributed by atoms with Gasteiger partial charge in [-0.15, -0.1) is 11.3 Å². The molecule has 108 valence electrons. The van der Waals surface area contributed by atoms with Gasteiger partial charge in [0, 0.05) is 30.9 Å². The molecular formula is C16H22N2OS. The molecule has 2 unspecified atom stereocenters. The van der Waals surface area contributed by atoms with Gasteiger partial charge in [0.1, 0.15) is 0 Å². The molecule has 0 saturated heterocycles. The van der Waals surface area contributed by atoms with Crippen molar-refractivity contribution in [3.63, 3.8) is 0 Å². The van der Waals surface area contributed by atoms with Crippen LogP contribution in [0.25, 0.3) is 0 Å². The van der Waals surface area contributed by atoms with Crippen LogP contribution in [-0.4, -0.2) is 25.7 Å². The second kappa shape index (κ2) is 7.53. The Morgan fingerprint density at radius 2 is 2.05 bits per heavy atom. The number of thiazole rings is 1. The molecule has 20 heavy (non-hydrogen) atoms. The topological polar surface area (TPSA) is 34.1 Å². The number of hydrogen-bond donors (Lipinski definition) is 1. The second-order valence-corrected chi connectivity index (χ2v) is 5.88. The van der Waals surface area contributed by atoms with E-state index in [1.807, 2.05) is 13.1 Å². The first-order chi connectivity index (χ1) is 9.74. The van der Waals surface area contributed by atoms with Gasteiger partial charge in [0.05, 0.1) is 17.3 Å². The van der Waals surface area contributed by atoms with E-state index in [2.05, 4.69) is 41.9 Å². The first kappa shape index (κ1) is 15.2. The van der Waals surface area contributed by atoms with E-state index in [1.165, 1.54) is 5.56 Å². The van der Waals surface area contributed by atoms with Crippen molar-refractivity contribution in [2.75, 3.05) is 20.8 Å². The Kier molecular flexibility index (Phi) is 5.71. The third-order valence-corrected chi connectivity index (χ3v) is 4.50. The van der Waals surface area contributed by atoms with Crippen molar-refractivity contribution in [1.29, 1.82) is 0 Å². The Hall–Kier alpha value is -1.23. The zero-order valence-electron chi connectivity index (χ0n) is 12.3. The molecule has 0 aliphatic heterocycles. The monoisotopic (exact) mass is 290 g/mol. The highest BCUT2D eigenvalue weighted by atomic mass is 32.1. The number of methoxy groups -OCH3 is 1. The highest BCUT2D eigenvalue weighted by Gasteiger charge is 2.14. The van der Waals surface area contributed by atoms with Gasteiger partial charge in [-0.2, -0.15) is 0 Å². The molecule has 3 nitrogen and oxygen atoms in total. The summed E-state index contributed by atoms with van der Waals surface area (Å²) in [6.07, 6.45) is 0.913. The van der Waals surface area contributed by atoms with Crippen LogP contribution in [0.1, 0.15) is 35.1 Å². The lowest BCUT2D eigenvalue weighted by molar-refractivity contribution is 0.184. The van der Waals surface area contributed by atoms with E-state index in [0.717, 1.165) is 23.7 Å². The van der Waals surface area contributed by atoms with Crippen LogP contribution in [0.4, 0.5) is 0 Å². The van der Waals surface area contributed by atoms with Gasteiger partial charge in [0.15, 0.2) is 0 Å². The van der Waals surface area contributed by atoms with E-state index in [9.17, 15) is 0 Å². The van der Waals surface area contributed by atoms with E-state index in [4.69, 9.17) is 9.72 Å². The predicted molar refractivity (Wildman–Crippen MR) is 84.4 cm³/mol. The largest absolute Gasteiger partial charge is 0.384 e. The van der Waals surface area contributed by atoms with Gasteiger partial charge in [-0.05, 0) is 12.6 Å². The zero-order valence-corrected chi connectivity index (χ0v) is 13.1. The molecule has 0 spiro atoms. The fraction of sp³-hybridized carbons (Fsp3) is 0.438. The van der Waals surface area contributed by atoms with Crippen LogP contribution >= 0.6 is 11.3 Å². The van der Waals surface area contributed by atoms with Crippen LogP contribution in [-0.2, 0) is 11.2 Å². The van der Waals surface area contributed by atoms with E-state index in [1.54, 1.807) is 18.4 Å². The van der Waals surface area contributed by atoms with Crippen molar-refractivity contribution in [2.24, 2.45) is 0 Å². The van der Waals surface area contributed by atoms with Crippen LogP contribution in [0, 0.1) is 0 Å². The summed E-state index contributed by atoms with van der Waals surface area (Å²) in [7, 11) is 3.73. The highest BCUT2D eigenvalue weighted by Crippen LogP contribution is 2.23. The lowest BCUT2D eigenvalue weighted by Crippen LogP contribution is -2.19. The first-order valence-corrected chi connectivity index (χ1v) is 7.78. The highest BCUT2D eigenvalue weighted by molar-refractivity contribution is 7.09. The minimum absolute atomic E-state index is 0.309. The quantitative estimate of drug-likeness (QED) is 0.848. The molecule has 0 fully saturated rings. The summed E-state index contributed by atoms with van der Waals surface area (Å²) in [6, 6.07) is 10.8. The number of aromatic nitrogens is 1. The first-order valence-electron chi connectivity index (χ1n) is 6.90. The van der Waals surface area contributed by atoms with Gasteiger partial charge in [-0.1, -0.05) is 37.3 Å². The average molecular weight is 290 g/mol. The Bertz CT molecular complexity index is 512. The lowest BCUT2D eigenvalue weighted by atomic mass is 10.0. The van der Waals surface area contributed by atoms with Crippen LogP contribution in [0.15, 0.2) is 35.7 Å². The van der Waals surface area contributed by atoms with Gasteiger partial charge < -0.3 is 10.1 Å². The molecule has 1 aromatic carbocycles. The molecule has 4 heteroatoms. The van der Waals surface area contributed by atoms with Gasteiger partial charge in [0.25, 0.3) is 0 Å². The molecule has 0 bridgehead atoms. The molecule has 0 radical (unpaired) electrons. The fourth-order valence-corrected chi connectivity index (χ4v) is 3.12. The van der Waals surface area contributed by atoms with Crippen LogP contribution in [0.5, 0.6) is 0 Å². The number of hydrogen-bond acceptors (Lipinski definition) is 4. The van der Waals surface area contributed by atoms with E-state index < -0.39 is 0 Å². The summed E-state index contributed by atoms with van der Waals surface area (Å²) >= 11 is 1.73. The van der Waals surface area contributed by atoms with E-state index in [0.29, 0.717) is 12.0 Å². The molecule has 0 saturated carbocycles. The molecule has 0 aliphatic carbocycles. The van der Waals surface area contributed by atoms with Crippen molar-refractivity contribution >= 4 is 11.3 Å². The van der Waals surface area contributed by atoms with Crippen molar-refractivity contribution in [2.45, 2.75) is 25.3 Å².